The molecule has 0 bridgehead atoms. The molecule has 0 aromatic heterocycles. The van der Waals surface area contributed by atoms with Crippen LogP contribution in [0, 0.1) is 0 Å². The molecule has 0 atom stereocenters. The highest BCUT2D eigenvalue weighted by atomic mass is 79.9. The third kappa shape index (κ3) is 3.31. The maximum Gasteiger partial charge on any atom is 0.0451 e. The van der Waals surface area contributed by atoms with Crippen molar-refractivity contribution in [1.29, 1.82) is 0 Å². The zero-order chi connectivity index (χ0) is 8.27. The van der Waals surface area contributed by atoms with Gasteiger partial charge in [0.15, 0.2) is 0 Å². The van der Waals surface area contributed by atoms with E-state index in [1.54, 1.807) is 0 Å². The molecule has 68 valence electrons. The summed E-state index contributed by atoms with van der Waals surface area (Å²) >= 11 is 9.29. The van der Waals surface area contributed by atoms with Crippen molar-refractivity contribution in [2.24, 2.45) is 0 Å². The fourth-order valence-electron chi connectivity index (χ4n) is 0.869. The average molecular weight is 271 g/mol. The molecule has 1 nitrogen and oxygen atoms in total. The summed E-state index contributed by atoms with van der Waals surface area (Å²) in [5.74, 6) is 0. The highest BCUT2D eigenvalue weighted by Crippen LogP contribution is 2.20. The maximum atomic E-state index is 5.91. The lowest BCUT2D eigenvalue weighted by molar-refractivity contribution is 0.817. The Morgan fingerprint density at radius 3 is 2.75 bits per heavy atom. The minimum Gasteiger partial charge on any atom is -0.316 e. The van der Waals surface area contributed by atoms with Gasteiger partial charge in [-0.05, 0) is 30.8 Å². The van der Waals surface area contributed by atoms with E-state index in [-0.39, 0.29) is 12.4 Å². The third-order valence-corrected chi connectivity index (χ3v) is 2.24. The van der Waals surface area contributed by atoms with Crippen molar-refractivity contribution in [3.63, 3.8) is 0 Å². The first-order valence-electron chi connectivity index (χ1n) is 3.32. The summed E-state index contributed by atoms with van der Waals surface area (Å²) in [6, 6.07) is 5.83. The van der Waals surface area contributed by atoms with E-state index >= 15 is 0 Å². The van der Waals surface area contributed by atoms with Gasteiger partial charge in [0.05, 0.1) is 0 Å². The van der Waals surface area contributed by atoms with Gasteiger partial charge in [0, 0.05) is 16.0 Å². The zero-order valence-corrected chi connectivity index (χ0v) is 9.76. The van der Waals surface area contributed by atoms with Crippen LogP contribution in [0.1, 0.15) is 5.56 Å². The second-order valence-electron chi connectivity index (χ2n) is 2.27. The lowest BCUT2D eigenvalue weighted by Crippen LogP contribution is -2.05. The van der Waals surface area contributed by atoms with Gasteiger partial charge < -0.3 is 5.32 Å². The van der Waals surface area contributed by atoms with Crippen LogP contribution in [0.4, 0.5) is 0 Å². The Bertz CT molecular complexity index is 253. The van der Waals surface area contributed by atoms with E-state index in [4.69, 9.17) is 11.6 Å². The summed E-state index contributed by atoms with van der Waals surface area (Å²) in [7, 11) is 1.90. The molecule has 1 aromatic rings. The lowest BCUT2D eigenvalue weighted by atomic mass is 10.2. The maximum absolute atomic E-state index is 5.91. The minimum atomic E-state index is 0. The molecule has 0 spiro atoms. The predicted octanol–water partition coefficient (Wildman–Crippen LogP) is 3.24. The number of hydrogen-bond donors (Lipinski definition) is 1. The number of benzene rings is 1. The van der Waals surface area contributed by atoms with E-state index in [1.807, 2.05) is 25.2 Å². The van der Waals surface area contributed by atoms with Gasteiger partial charge in [-0.3, -0.25) is 0 Å². The number of hydrogen-bond acceptors (Lipinski definition) is 1. The van der Waals surface area contributed by atoms with E-state index in [9.17, 15) is 0 Å². The van der Waals surface area contributed by atoms with Crippen LogP contribution in [0.2, 0.25) is 5.02 Å². The highest BCUT2D eigenvalue weighted by molar-refractivity contribution is 9.10. The Morgan fingerprint density at radius 1 is 1.50 bits per heavy atom. The fourth-order valence-corrected chi connectivity index (χ4v) is 1.46. The summed E-state index contributed by atoms with van der Waals surface area (Å²) in [6.45, 7) is 0.804. The van der Waals surface area contributed by atoms with Gasteiger partial charge in [0.1, 0.15) is 0 Å². The second kappa shape index (κ2) is 5.81. The molecule has 0 aliphatic rings. The predicted molar refractivity (Wildman–Crippen MR) is 59.2 cm³/mol. The molecule has 0 radical (unpaired) electrons. The normalized spacial score (nSPS) is 9.25. The number of halogens is 3. The Balaban J connectivity index is 0.00000121. The monoisotopic (exact) mass is 269 g/mol. The van der Waals surface area contributed by atoms with Gasteiger partial charge in [0.2, 0.25) is 0 Å². The lowest BCUT2D eigenvalue weighted by Gasteiger charge is -2.02. The summed E-state index contributed by atoms with van der Waals surface area (Å²) < 4.78 is 1.06. The zero-order valence-electron chi connectivity index (χ0n) is 6.60. The van der Waals surface area contributed by atoms with Gasteiger partial charge in [-0.15, -0.1) is 12.4 Å². The van der Waals surface area contributed by atoms with E-state index in [0.29, 0.717) is 0 Å². The minimum absolute atomic E-state index is 0. The van der Waals surface area contributed by atoms with Crippen molar-refractivity contribution in [3.05, 3.63) is 33.3 Å². The molecule has 1 rings (SSSR count). The van der Waals surface area contributed by atoms with Crippen LogP contribution >= 0.6 is 39.9 Å². The van der Waals surface area contributed by atoms with Gasteiger partial charge in [-0.2, -0.15) is 0 Å². The molecular formula is C8H10BrCl2N. The van der Waals surface area contributed by atoms with Crippen LogP contribution in [0.15, 0.2) is 22.7 Å². The van der Waals surface area contributed by atoms with Crippen LogP contribution in [-0.4, -0.2) is 7.05 Å². The van der Waals surface area contributed by atoms with Crippen molar-refractivity contribution in [2.75, 3.05) is 7.05 Å². The quantitative estimate of drug-likeness (QED) is 0.870. The molecule has 0 unspecified atom stereocenters. The Morgan fingerprint density at radius 2 is 2.17 bits per heavy atom. The van der Waals surface area contributed by atoms with Crippen LogP contribution < -0.4 is 5.32 Å². The smallest absolute Gasteiger partial charge is 0.0451 e. The van der Waals surface area contributed by atoms with Crippen molar-refractivity contribution in [3.8, 4) is 0 Å². The number of nitrogens with one attached hydrogen (secondary N) is 1. The van der Waals surface area contributed by atoms with Crippen molar-refractivity contribution in [2.45, 2.75) is 6.54 Å². The largest absolute Gasteiger partial charge is 0.316 e. The van der Waals surface area contributed by atoms with Gasteiger partial charge in [-0.25, -0.2) is 0 Å². The molecule has 0 saturated carbocycles. The number of rotatable bonds is 2. The van der Waals surface area contributed by atoms with Gasteiger partial charge in [0.25, 0.3) is 0 Å². The SMILES string of the molecule is CNCc1cc(Br)ccc1Cl.Cl. The summed E-state index contributed by atoms with van der Waals surface area (Å²) in [4.78, 5) is 0. The average Bonchev–Trinajstić information content (AvgIpc) is 1.98. The first-order chi connectivity index (χ1) is 5.24. The molecular weight excluding hydrogens is 261 g/mol. The second-order valence-corrected chi connectivity index (χ2v) is 3.59. The first kappa shape index (κ1) is 12.2. The molecule has 0 heterocycles. The molecule has 0 fully saturated rings. The van der Waals surface area contributed by atoms with E-state index in [2.05, 4.69) is 21.2 Å². The van der Waals surface area contributed by atoms with Crippen molar-refractivity contribution in [1.82, 2.24) is 5.32 Å². The molecule has 0 saturated heterocycles. The molecule has 0 aliphatic heterocycles. The Kier molecular flexibility index (Phi) is 5.93. The molecule has 0 amide bonds. The van der Waals surface area contributed by atoms with Crippen LogP contribution in [0.5, 0.6) is 0 Å². The summed E-state index contributed by atoms with van der Waals surface area (Å²) in [6.07, 6.45) is 0. The van der Waals surface area contributed by atoms with Gasteiger partial charge >= 0.3 is 0 Å². The third-order valence-electron chi connectivity index (χ3n) is 1.37. The molecule has 4 heteroatoms. The highest BCUT2D eigenvalue weighted by Gasteiger charge is 1.98. The van der Waals surface area contributed by atoms with Crippen LogP contribution in [0.25, 0.3) is 0 Å². The van der Waals surface area contributed by atoms with E-state index < -0.39 is 0 Å². The van der Waals surface area contributed by atoms with E-state index in [0.717, 1.165) is 21.6 Å². The molecule has 0 aliphatic carbocycles. The Labute approximate surface area is 92.0 Å². The van der Waals surface area contributed by atoms with Crippen molar-refractivity contribution < 1.29 is 0 Å². The Hall–Kier alpha value is 0.240. The molecule has 1 aromatic carbocycles. The topological polar surface area (TPSA) is 12.0 Å². The van der Waals surface area contributed by atoms with Crippen LogP contribution in [0.3, 0.4) is 0 Å². The summed E-state index contributed by atoms with van der Waals surface area (Å²) in [5.41, 5.74) is 1.11. The first-order valence-corrected chi connectivity index (χ1v) is 4.49. The van der Waals surface area contributed by atoms with Crippen molar-refractivity contribution >= 4 is 39.9 Å². The van der Waals surface area contributed by atoms with E-state index in [1.165, 1.54) is 0 Å². The van der Waals surface area contributed by atoms with Crippen LogP contribution in [-0.2, 0) is 6.54 Å². The molecule has 12 heavy (non-hydrogen) atoms. The summed E-state index contributed by atoms with van der Waals surface area (Å²) in [5, 5.41) is 3.85. The fraction of sp³-hybridized carbons (Fsp3) is 0.250. The standard InChI is InChI=1S/C8H9BrClN.ClH/c1-11-5-6-4-7(9)2-3-8(6)10;/h2-4,11H,5H2,1H3;1H. The molecule has 1 N–H and O–H groups in total. The van der Waals surface area contributed by atoms with Gasteiger partial charge in [-0.1, -0.05) is 27.5 Å².